The van der Waals surface area contributed by atoms with Gasteiger partial charge in [-0.15, -0.1) is 12.4 Å². The summed E-state index contributed by atoms with van der Waals surface area (Å²) in [5.41, 5.74) is 0.926. The summed E-state index contributed by atoms with van der Waals surface area (Å²) >= 11 is 0. The minimum atomic E-state index is -3.53. The zero-order chi connectivity index (χ0) is 20.3. The Bertz CT molecular complexity index is 843. The van der Waals surface area contributed by atoms with Crippen molar-refractivity contribution in [2.24, 2.45) is 5.92 Å². The number of carboxylic acid groups (broad SMARTS) is 1. The Morgan fingerprint density at radius 1 is 1.31 bits per heavy atom. The first-order valence-electron chi connectivity index (χ1n) is 9.96. The van der Waals surface area contributed by atoms with Crippen LogP contribution in [0.5, 0.6) is 0 Å². The molecule has 1 N–H and O–H groups in total. The van der Waals surface area contributed by atoms with E-state index in [1.54, 1.807) is 25.2 Å². The van der Waals surface area contributed by atoms with Crippen LogP contribution >= 0.6 is 12.4 Å². The third kappa shape index (κ3) is 5.81. The number of hydrogen-bond acceptors (Lipinski definition) is 4. The summed E-state index contributed by atoms with van der Waals surface area (Å²) in [4.78, 5) is 13.6. The van der Waals surface area contributed by atoms with E-state index in [-0.39, 0.29) is 30.9 Å². The van der Waals surface area contributed by atoms with Gasteiger partial charge >= 0.3 is 5.97 Å². The lowest BCUT2D eigenvalue weighted by atomic mass is 9.92. The van der Waals surface area contributed by atoms with Gasteiger partial charge in [-0.2, -0.15) is 4.31 Å². The Hall–Kier alpha value is -1.41. The maximum Gasteiger partial charge on any atom is 0.303 e. The third-order valence-corrected chi connectivity index (χ3v) is 7.84. The van der Waals surface area contributed by atoms with Gasteiger partial charge in [0.05, 0.1) is 4.90 Å². The lowest BCUT2D eigenvalue weighted by molar-refractivity contribution is -0.137. The highest BCUT2D eigenvalue weighted by Gasteiger charge is 2.34. The number of aryl methyl sites for hydroxylation is 1. The molecule has 29 heavy (non-hydrogen) atoms. The van der Waals surface area contributed by atoms with Crippen LogP contribution in [0.15, 0.2) is 41.3 Å². The lowest BCUT2D eigenvalue weighted by Gasteiger charge is -2.37. The van der Waals surface area contributed by atoms with Crippen LogP contribution < -0.4 is 0 Å². The van der Waals surface area contributed by atoms with Crippen LogP contribution in [0.25, 0.3) is 0 Å². The molecule has 0 aromatic heterocycles. The first kappa shape index (κ1) is 23.9. The number of benzene rings is 1. The number of aliphatic carboxylic acids is 1. The van der Waals surface area contributed by atoms with E-state index in [4.69, 9.17) is 5.11 Å². The SMILES string of the molecule is Cc1cccc(S(=O)(=O)N(C)[C@H]2C=C[C@@H](N3CCCC(CCC(=O)O)C3)C2)c1.Cl. The smallest absolute Gasteiger partial charge is 0.303 e. The molecule has 3 rings (SSSR count). The molecule has 1 aliphatic heterocycles. The predicted octanol–water partition coefficient (Wildman–Crippen LogP) is 3.31. The molecule has 1 aromatic rings. The van der Waals surface area contributed by atoms with Gasteiger partial charge in [0.25, 0.3) is 0 Å². The molecule has 1 aromatic carbocycles. The second kappa shape index (κ2) is 10.1. The second-order valence-electron chi connectivity index (χ2n) is 8.03. The number of piperidine rings is 1. The number of likely N-dealkylation sites (N-methyl/N-ethyl adjacent to an activating group) is 1. The van der Waals surface area contributed by atoms with Crippen molar-refractivity contribution in [3.8, 4) is 0 Å². The van der Waals surface area contributed by atoms with Gasteiger partial charge < -0.3 is 5.11 Å². The van der Waals surface area contributed by atoms with Crippen LogP contribution in [-0.4, -0.2) is 60.9 Å². The molecule has 3 atom stereocenters. The van der Waals surface area contributed by atoms with Crippen LogP contribution in [0.1, 0.15) is 37.7 Å². The molecular weight excluding hydrogens is 412 g/mol. The molecule has 0 bridgehead atoms. The van der Waals surface area contributed by atoms with Crippen molar-refractivity contribution in [1.29, 1.82) is 0 Å². The van der Waals surface area contributed by atoms with E-state index in [9.17, 15) is 13.2 Å². The lowest BCUT2D eigenvalue weighted by Crippen LogP contribution is -2.43. The second-order valence-corrected chi connectivity index (χ2v) is 10.0. The van der Waals surface area contributed by atoms with Crippen molar-refractivity contribution in [1.82, 2.24) is 9.21 Å². The quantitative estimate of drug-likeness (QED) is 0.655. The molecule has 0 saturated carbocycles. The van der Waals surface area contributed by atoms with Gasteiger partial charge in [0, 0.05) is 32.1 Å². The van der Waals surface area contributed by atoms with E-state index in [1.807, 2.05) is 19.1 Å². The van der Waals surface area contributed by atoms with Crippen LogP contribution in [0, 0.1) is 12.8 Å². The van der Waals surface area contributed by atoms with Crippen molar-refractivity contribution in [3.05, 3.63) is 42.0 Å². The van der Waals surface area contributed by atoms with Gasteiger partial charge in [0.15, 0.2) is 0 Å². The highest BCUT2D eigenvalue weighted by atomic mass is 35.5. The molecule has 162 valence electrons. The van der Waals surface area contributed by atoms with Crippen LogP contribution in [-0.2, 0) is 14.8 Å². The van der Waals surface area contributed by atoms with Crippen molar-refractivity contribution in [2.75, 3.05) is 20.1 Å². The zero-order valence-electron chi connectivity index (χ0n) is 17.0. The normalized spacial score (nSPS) is 25.1. The molecule has 0 amide bonds. The molecule has 0 spiro atoms. The Morgan fingerprint density at radius 3 is 2.76 bits per heavy atom. The number of rotatable bonds is 7. The number of halogens is 1. The van der Waals surface area contributed by atoms with Gasteiger partial charge in [-0.05, 0) is 62.8 Å². The third-order valence-electron chi connectivity index (χ3n) is 5.96. The van der Waals surface area contributed by atoms with E-state index < -0.39 is 16.0 Å². The van der Waals surface area contributed by atoms with Gasteiger partial charge in [-0.1, -0.05) is 24.3 Å². The fourth-order valence-electron chi connectivity index (χ4n) is 4.28. The Kier molecular flexibility index (Phi) is 8.28. The number of nitrogens with zero attached hydrogens (tertiary/aromatic N) is 2. The standard InChI is InChI=1S/C21H30N2O4S.ClH/c1-16-5-3-7-20(13-16)28(26,27)22(2)18-9-10-19(14-18)23-12-4-6-17(15-23)8-11-21(24)25;/h3,5,7,9-10,13,17-19H,4,6,8,11-12,14-15H2,1-2H3,(H,24,25);1H/t17?,18-,19+;/m0./s1. The predicted molar refractivity (Wildman–Crippen MR) is 116 cm³/mol. The summed E-state index contributed by atoms with van der Waals surface area (Å²) in [6.07, 6.45) is 7.94. The Balaban J connectivity index is 0.00000300. The maximum atomic E-state index is 13.0. The van der Waals surface area contributed by atoms with Crippen molar-refractivity contribution in [3.63, 3.8) is 0 Å². The Morgan fingerprint density at radius 2 is 2.07 bits per heavy atom. The summed E-state index contributed by atoms with van der Waals surface area (Å²) in [5, 5.41) is 8.92. The molecule has 6 nitrogen and oxygen atoms in total. The van der Waals surface area contributed by atoms with Crippen molar-refractivity contribution in [2.45, 2.75) is 56.0 Å². The molecular formula is C21H31ClN2O4S. The summed E-state index contributed by atoms with van der Waals surface area (Å²) in [6, 6.07) is 7.07. The van der Waals surface area contributed by atoms with Crippen LogP contribution in [0.3, 0.4) is 0 Å². The fraction of sp³-hybridized carbons (Fsp3) is 0.571. The average Bonchev–Trinajstić information content (AvgIpc) is 3.16. The summed E-state index contributed by atoms with van der Waals surface area (Å²) in [6.45, 7) is 3.77. The van der Waals surface area contributed by atoms with Crippen molar-refractivity contribution < 1.29 is 18.3 Å². The number of likely N-dealkylation sites (tertiary alicyclic amines) is 1. The summed E-state index contributed by atoms with van der Waals surface area (Å²) in [7, 11) is -1.88. The maximum absolute atomic E-state index is 13.0. The van der Waals surface area contributed by atoms with E-state index in [0.717, 1.165) is 37.9 Å². The number of carboxylic acids is 1. The first-order valence-corrected chi connectivity index (χ1v) is 11.4. The van der Waals surface area contributed by atoms with E-state index in [1.165, 1.54) is 4.31 Å². The summed E-state index contributed by atoms with van der Waals surface area (Å²) < 4.78 is 27.4. The Labute approximate surface area is 180 Å². The zero-order valence-corrected chi connectivity index (χ0v) is 18.7. The van der Waals surface area contributed by atoms with Gasteiger partial charge in [0.2, 0.25) is 10.0 Å². The van der Waals surface area contributed by atoms with Crippen molar-refractivity contribution >= 4 is 28.4 Å². The molecule has 1 fully saturated rings. The monoisotopic (exact) mass is 442 g/mol. The van der Waals surface area contributed by atoms with E-state index in [0.29, 0.717) is 17.2 Å². The minimum absolute atomic E-state index is 0. The topological polar surface area (TPSA) is 77.9 Å². The van der Waals surface area contributed by atoms with Gasteiger partial charge in [0.1, 0.15) is 0 Å². The first-order chi connectivity index (χ1) is 13.3. The van der Waals surface area contributed by atoms with E-state index in [2.05, 4.69) is 11.0 Å². The molecule has 1 unspecified atom stereocenters. The number of hydrogen-bond donors (Lipinski definition) is 1. The van der Waals surface area contributed by atoms with Crippen LogP contribution in [0.4, 0.5) is 0 Å². The largest absolute Gasteiger partial charge is 0.481 e. The van der Waals surface area contributed by atoms with Crippen LogP contribution in [0.2, 0.25) is 0 Å². The number of carbonyl (C=O) groups is 1. The minimum Gasteiger partial charge on any atom is -0.481 e. The molecule has 1 heterocycles. The number of sulfonamides is 1. The fourth-order valence-corrected chi connectivity index (χ4v) is 5.71. The molecule has 8 heteroatoms. The molecule has 1 saturated heterocycles. The average molecular weight is 443 g/mol. The van der Waals surface area contributed by atoms with Gasteiger partial charge in [-0.25, -0.2) is 8.42 Å². The van der Waals surface area contributed by atoms with Gasteiger partial charge in [-0.3, -0.25) is 9.69 Å². The summed E-state index contributed by atoms with van der Waals surface area (Å²) in [5.74, 6) is -0.327. The highest BCUT2D eigenvalue weighted by molar-refractivity contribution is 7.89. The molecule has 1 aliphatic carbocycles. The highest BCUT2D eigenvalue weighted by Crippen LogP contribution is 2.29. The molecule has 2 aliphatic rings. The molecule has 0 radical (unpaired) electrons. The van der Waals surface area contributed by atoms with E-state index >= 15 is 0 Å².